The zero-order valence-electron chi connectivity index (χ0n) is 13.0. The fraction of sp³-hybridized carbons (Fsp3) is 0.562. The number of nitrogens with two attached hydrogens (primary N) is 1. The number of amidine groups is 1. The van der Waals surface area contributed by atoms with Gasteiger partial charge in [0.2, 0.25) is 0 Å². The number of nitrogens with zero attached hydrogens (tertiary/aromatic N) is 2. The molecule has 0 fully saturated rings. The van der Waals surface area contributed by atoms with Crippen molar-refractivity contribution in [3.8, 4) is 0 Å². The van der Waals surface area contributed by atoms with E-state index in [1.807, 2.05) is 30.3 Å². The normalized spacial score (nSPS) is 14.2. The van der Waals surface area contributed by atoms with Crippen molar-refractivity contribution in [2.75, 3.05) is 13.1 Å². The van der Waals surface area contributed by atoms with Crippen LogP contribution in [0.1, 0.15) is 39.2 Å². The van der Waals surface area contributed by atoms with Crippen LogP contribution in [0.15, 0.2) is 35.5 Å². The first-order chi connectivity index (χ1) is 9.45. The summed E-state index contributed by atoms with van der Waals surface area (Å²) in [6.07, 6.45) is 0. The molecule has 0 saturated carbocycles. The highest BCUT2D eigenvalue weighted by molar-refractivity contribution is 5.87. The molecule has 0 aliphatic heterocycles. The van der Waals surface area contributed by atoms with E-state index in [-0.39, 0.29) is 11.8 Å². The number of hydrogen-bond acceptors (Lipinski definition) is 3. The Kier molecular flexibility index (Phi) is 6.52. The highest BCUT2D eigenvalue weighted by atomic mass is 16.4. The molecule has 4 heteroatoms. The average Bonchev–Trinajstić information content (AvgIpc) is 2.42. The summed E-state index contributed by atoms with van der Waals surface area (Å²) in [6, 6.07) is 10.4. The van der Waals surface area contributed by atoms with E-state index < -0.39 is 0 Å². The minimum Gasteiger partial charge on any atom is -0.409 e. The largest absolute Gasteiger partial charge is 0.409 e. The fourth-order valence-corrected chi connectivity index (χ4v) is 2.32. The first kappa shape index (κ1) is 16.5. The molecule has 1 aromatic carbocycles. The lowest BCUT2D eigenvalue weighted by Gasteiger charge is -2.31. The number of rotatable bonds is 7. The molecule has 0 bridgehead atoms. The third-order valence-corrected chi connectivity index (χ3v) is 3.42. The Bertz CT molecular complexity index is 415. The van der Waals surface area contributed by atoms with Gasteiger partial charge >= 0.3 is 0 Å². The molecule has 0 aliphatic rings. The Morgan fingerprint density at radius 1 is 1.15 bits per heavy atom. The van der Waals surface area contributed by atoms with E-state index in [9.17, 15) is 0 Å². The summed E-state index contributed by atoms with van der Waals surface area (Å²) in [5.74, 6) is 0.772. The molecule has 1 atom stereocenters. The second-order valence-corrected chi connectivity index (χ2v) is 5.93. The molecule has 4 nitrogen and oxygen atoms in total. The lowest BCUT2D eigenvalue weighted by atomic mass is 9.96. The van der Waals surface area contributed by atoms with Crippen molar-refractivity contribution < 1.29 is 5.21 Å². The molecular weight excluding hydrogens is 250 g/mol. The van der Waals surface area contributed by atoms with Crippen LogP contribution in [-0.4, -0.2) is 35.1 Å². The fourth-order valence-electron chi connectivity index (χ4n) is 2.32. The van der Waals surface area contributed by atoms with Gasteiger partial charge < -0.3 is 10.9 Å². The van der Waals surface area contributed by atoms with Crippen molar-refractivity contribution in [2.45, 2.75) is 39.7 Å². The Labute approximate surface area is 122 Å². The maximum absolute atomic E-state index is 9.04. The quantitative estimate of drug-likeness (QED) is 0.349. The van der Waals surface area contributed by atoms with Crippen LogP contribution in [-0.2, 0) is 0 Å². The SMILES string of the molecule is CC(C)CN(CC(C(N)=NO)c1ccccc1)C(C)C. The van der Waals surface area contributed by atoms with Gasteiger partial charge in [-0.25, -0.2) is 0 Å². The van der Waals surface area contributed by atoms with Crippen molar-refractivity contribution in [2.24, 2.45) is 16.8 Å². The molecule has 0 saturated heterocycles. The highest BCUT2D eigenvalue weighted by Crippen LogP contribution is 2.19. The molecule has 0 aliphatic carbocycles. The molecule has 0 radical (unpaired) electrons. The van der Waals surface area contributed by atoms with Gasteiger partial charge in [0.15, 0.2) is 0 Å². The van der Waals surface area contributed by atoms with Crippen molar-refractivity contribution >= 4 is 5.84 Å². The summed E-state index contributed by atoms with van der Waals surface area (Å²) in [5.41, 5.74) is 6.98. The smallest absolute Gasteiger partial charge is 0.147 e. The van der Waals surface area contributed by atoms with Gasteiger partial charge in [0, 0.05) is 19.1 Å². The second kappa shape index (κ2) is 7.90. The topological polar surface area (TPSA) is 61.8 Å². The van der Waals surface area contributed by atoms with Gasteiger partial charge in [0.05, 0.1) is 5.92 Å². The Morgan fingerprint density at radius 2 is 1.75 bits per heavy atom. The van der Waals surface area contributed by atoms with Crippen LogP contribution in [0, 0.1) is 5.92 Å². The molecule has 0 spiro atoms. The standard InChI is InChI=1S/C16H27N3O/c1-12(2)10-19(13(3)4)11-15(16(17)18-20)14-8-6-5-7-9-14/h5-9,12-13,15,20H,10-11H2,1-4H3,(H2,17,18). The first-order valence-electron chi connectivity index (χ1n) is 7.22. The molecule has 0 aromatic heterocycles. The Hall–Kier alpha value is -1.55. The van der Waals surface area contributed by atoms with E-state index in [1.54, 1.807) is 0 Å². The predicted octanol–water partition coefficient (Wildman–Crippen LogP) is 2.88. The monoisotopic (exact) mass is 277 g/mol. The third kappa shape index (κ3) is 4.85. The van der Waals surface area contributed by atoms with Gasteiger partial charge in [-0.3, -0.25) is 4.90 Å². The zero-order chi connectivity index (χ0) is 15.1. The van der Waals surface area contributed by atoms with E-state index in [1.165, 1.54) is 0 Å². The molecule has 112 valence electrons. The van der Waals surface area contributed by atoms with Gasteiger partial charge in [-0.2, -0.15) is 0 Å². The van der Waals surface area contributed by atoms with Crippen LogP contribution in [0.4, 0.5) is 0 Å². The predicted molar refractivity (Wildman–Crippen MR) is 84.1 cm³/mol. The van der Waals surface area contributed by atoms with E-state index >= 15 is 0 Å². The van der Waals surface area contributed by atoms with E-state index in [2.05, 4.69) is 37.8 Å². The summed E-state index contributed by atoms with van der Waals surface area (Å²) < 4.78 is 0. The summed E-state index contributed by atoms with van der Waals surface area (Å²) in [6.45, 7) is 10.5. The Morgan fingerprint density at radius 3 is 2.20 bits per heavy atom. The summed E-state index contributed by atoms with van der Waals surface area (Å²) in [5, 5.41) is 12.3. The van der Waals surface area contributed by atoms with Crippen molar-refractivity contribution in [1.29, 1.82) is 0 Å². The molecule has 0 amide bonds. The maximum Gasteiger partial charge on any atom is 0.147 e. The third-order valence-electron chi connectivity index (χ3n) is 3.42. The van der Waals surface area contributed by atoms with E-state index in [4.69, 9.17) is 10.9 Å². The summed E-state index contributed by atoms with van der Waals surface area (Å²) in [4.78, 5) is 2.38. The molecule has 0 heterocycles. The van der Waals surface area contributed by atoms with Crippen molar-refractivity contribution in [1.82, 2.24) is 4.90 Å². The molecule has 20 heavy (non-hydrogen) atoms. The number of benzene rings is 1. The van der Waals surface area contributed by atoms with Crippen LogP contribution < -0.4 is 5.73 Å². The molecular formula is C16H27N3O. The van der Waals surface area contributed by atoms with Crippen LogP contribution in [0.2, 0.25) is 0 Å². The van der Waals surface area contributed by atoms with Gasteiger partial charge in [0.25, 0.3) is 0 Å². The summed E-state index contributed by atoms with van der Waals surface area (Å²) >= 11 is 0. The second-order valence-electron chi connectivity index (χ2n) is 5.93. The summed E-state index contributed by atoms with van der Waals surface area (Å²) in [7, 11) is 0. The van der Waals surface area contributed by atoms with Gasteiger partial charge in [0.1, 0.15) is 5.84 Å². The molecule has 3 N–H and O–H groups in total. The molecule has 1 unspecified atom stereocenters. The maximum atomic E-state index is 9.04. The number of oxime groups is 1. The average molecular weight is 277 g/mol. The van der Waals surface area contributed by atoms with Crippen LogP contribution in [0.3, 0.4) is 0 Å². The molecule has 1 rings (SSSR count). The van der Waals surface area contributed by atoms with Crippen LogP contribution in [0.25, 0.3) is 0 Å². The minimum absolute atomic E-state index is 0.0812. The highest BCUT2D eigenvalue weighted by Gasteiger charge is 2.22. The van der Waals surface area contributed by atoms with Gasteiger partial charge in [-0.05, 0) is 25.3 Å². The van der Waals surface area contributed by atoms with Crippen molar-refractivity contribution in [3.63, 3.8) is 0 Å². The van der Waals surface area contributed by atoms with Crippen molar-refractivity contribution in [3.05, 3.63) is 35.9 Å². The lowest BCUT2D eigenvalue weighted by Crippen LogP contribution is -2.40. The van der Waals surface area contributed by atoms with E-state index in [0.29, 0.717) is 12.0 Å². The minimum atomic E-state index is -0.0812. The van der Waals surface area contributed by atoms with Gasteiger partial charge in [-0.1, -0.05) is 49.3 Å². The van der Waals surface area contributed by atoms with Gasteiger partial charge in [-0.15, -0.1) is 0 Å². The Balaban J connectivity index is 2.94. The van der Waals surface area contributed by atoms with E-state index in [0.717, 1.165) is 18.7 Å². The first-order valence-corrected chi connectivity index (χ1v) is 7.22. The molecule has 1 aromatic rings. The van der Waals surface area contributed by atoms with Crippen LogP contribution >= 0.6 is 0 Å². The van der Waals surface area contributed by atoms with Crippen LogP contribution in [0.5, 0.6) is 0 Å². The zero-order valence-corrected chi connectivity index (χ0v) is 13.0. The lowest BCUT2D eigenvalue weighted by molar-refractivity contribution is 0.194. The number of hydrogen-bond donors (Lipinski definition) is 2.